The molecule has 1 saturated heterocycles. The zero-order chi connectivity index (χ0) is 21.8. The summed E-state index contributed by atoms with van der Waals surface area (Å²) in [4.78, 5) is 12.5. The molecule has 0 bridgehead atoms. The van der Waals surface area contributed by atoms with Gasteiger partial charge in [-0.1, -0.05) is 48.5 Å². The van der Waals surface area contributed by atoms with E-state index in [0.29, 0.717) is 24.9 Å². The third-order valence-corrected chi connectivity index (χ3v) is 8.28. The number of esters is 1. The van der Waals surface area contributed by atoms with E-state index in [1.165, 1.54) is 4.31 Å². The molecular weight excluding hydrogens is 414 g/mol. The fourth-order valence-corrected chi connectivity index (χ4v) is 6.47. The Morgan fingerprint density at radius 1 is 1.00 bits per heavy atom. The molecule has 0 aromatic heterocycles. The lowest BCUT2D eigenvalue weighted by Gasteiger charge is -2.32. The molecule has 0 N–H and O–H groups in total. The number of sulfonamides is 1. The minimum atomic E-state index is -3.81. The van der Waals surface area contributed by atoms with Gasteiger partial charge in [-0.25, -0.2) is 8.42 Å². The van der Waals surface area contributed by atoms with Gasteiger partial charge >= 0.3 is 5.97 Å². The summed E-state index contributed by atoms with van der Waals surface area (Å²) in [6.45, 7) is 2.29. The van der Waals surface area contributed by atoms with Crippen LogP contribution in [-0.2, 0) is 24.3 Å². The third-order valence-electron chi connectivity index (χ3n) is 6.36. The van der Waals surface area contributed by atoms with Crippen molar-refractivity contribution in [1.82, 2.24) is 4.31 Å². The number of benzene rings is 2. The first kappa shape index (κ1) is 22.0. The summed E-state index contributed by atoms with van der Waals surface area (Å²) >= 11 is 0. The number of fused-ring (bicyclic) bond motifs is 1. The summed E-state index contributed by atoms with van der Waals surface area (Å²) in [5.41, 5.74) is 1.16. The standard InChI is InChI=1S/C24H29NO5S/c1-2-29-24(26)16-25(31(27,28)22-11-7-4-8-12-22)21-13-19-15-23(30-17-20(19)14-21)18-9-5-3-6-10-18/h3-12,19-21,23H,2,13-17H2,1H3/t19-,20+,21-,23-/m0/s1. The van der Waals surface area contributed by atoms with E-state index >= 15 is 0 Å². The van der Waals surface area contributed by atoms with Gasteiger partial charge in [0.05, 0.1) is 24.2 Å². The van der Waals surface area contributed by atoms with E-state index in [0.717, 1.165) is 18.4 Å². The normalized spacial score (nSPS) is 25.9. The molecule has 7 heteroatoms. The van der Waals surface area contributed by atoms with Crippen molar-refractivity contribution in [3.8, 4) is 0 Å². The molecule has 0 radical (unpaired) electrons. The second-order valence-corrected chi connectivity index (χ2v) is 10.2. The van der Waals surface area contributed by atoms with Crippen LogP contribution in [0.4, 0.5) is 0 Å². The average molecular weight is 444 g/mol. The third kappa shape index (κ3) is 4.84. The van der Waals surface area contributed by atoms with Crippen LogP contribution in [0.2, 0.25) is 0 Å². The molecule has 2 aliphatic rings. The molecule has 4 atom stereocenters. The van der Waals surface area contributed by atoms with E-state index in [1.54, 1.807) is 37.3 Å². The van der Waals surface area contributed by atoms with Crippen LogP contribution in [0.3, 0.4) is 0 Å². The van der Waals surface area contributed by atoms with Crippen LogP contribution in [0.15, 0.2) is 65.6 Å². The van der Waals surface area contributed by atoms with Crippen molar-refractivity contribution in [1.29, 1.82) is 0 Å². The van der Waals surface area contributed by atoms with Gasteiger partial charge in [-0.3, -0.25) is 4.79 Å². The molecule has 2 fully saturated rings. The van der Waals surface area contributed by atoms with Crippen LogP contribution in [-0.4, -0.2) is 44.5 Å². The number of ether oxygens (including phenoxy) is 2. The van der Waals surface area contributed by atoms with Crippen molar-refractivity contribution < 1.29 is 22.7 Å². The highest BCUT2D eigenvalue weighted by molar-refractivity contribution is 7.89. The Morgan fingerprint density at radius 2 is 1.65 bits per heavy atom. The maximum absolute atomic E-state index is 13.4. The molecule has 166 valence electrons. The van der Waals surface area contributed by atoms with E-state index in [-0.39, 0.29) is 30.2 Å². The highest BCUT2D eigenvalue weighted by Crippen LogP contribution is 2.46. The highest BCUT2D eigenvalue weighted by Gasteiger charge is 2.45. The predicted octanol–water partition coefficient (Wildman–Crippen LogP) is 3.80. The van der Waals surface area contributed by atoms with Gasteiger partial charge < -0.3 is 9.47 Å². The van der Waals surface area contributed by atoms with E-state index in [4.69, 9.17) is 9.47 Å². The number of rotatable bonds is 7. The van der Waals surface area contributed by atoms with Gasteiger partial charge in [0.2, 0.25) is 10.0 Å². The Bertz CT molecular complexity index is 980. The lowest BCUT2D eigenvalue weighted by atomic mass is 9.86. The smallest absolute Gasteiger partial charge is 0.321 e. The summed E-state index contributed by atoms with van der Waals surface area (Å²) in [5, 5.41) is 0. The molecule has 0 spiro atoms. The zero-order valence-electron chi connectivity index (χ0n) is 17.7. The van der Waals surface area contributed by atoms with Crippen molar-refractivity contribution in [2.24, 2.45) is 11.8 Å². The Morgan fingerprint density at radius 3 is 2.32 bits per heavy atom. The van der Waals surface area contributed by atoms with Gasteiger partial charge in [-0.2, -0.15) is 4.31 Å². The first-order valence-corrected chi connectivity index (χ1v) is 12.3. The Kier molecular flexibility index (Phi) is 6.74. The molecule has 1 aliphatic carbocycles. The minimum Gasteiger partial charge on any atom is -0.465 e. The van der Waals surface area contributed by atoms with Gasteiger partial charge in [0, 0.05) is 6.04 Å². The summed E-state index contributed by atoms with van der Waals surface area (Å²) in [7, 11) is -3.81. The lowest BCUT2D eigenvalue weighted by molar-refractivity contribution is -0.143. The summed E-state index contributed by atoms with van der Waals surface area (Å²) in [6, 6.07) is 18.2. The van der Waals surface area contributed by atoms with Crippen LogP contribution >= 0.6 is 0 Å². The predicted molar refractivity (Wildman–Crippen MR) is 117 cm³/mol. The fraction of sp³-hybridized carbons (Fsp3) is 0.458. The van der Waals surface area contributed by atoms with Crippen LogP contribution in [0.1, 0.15) is 37.9 Å². The van der Waals surface area contributed by atoms with Gasteiger partial charge in [0.15, 0.2) is 0 Å². The SMILES string of the molecule is CCOC(=O)CN([C@@H]1C[C@@H]2CO[C@H](c3ccccc3)C[C@@H]2C1)S(=O)(=O)c1ccccc1. The van der Waals surface area contributed by atoms with E-state index in [1.807, 2.05) is 18.2 Å². The Balaban J connectivity index is 1.55. The maximum Gasteiger partial charge on any atom is 0.321 e. The van der Waals surface area contributed by atoms with Gasteiger partial charge in [-0.15, -0.1) is 0 Å². The van der Waals surface area contributed by atoms with E-state index in [9.17, 15) is 13.2 Å². The first-order chi connectivity index (χ1) is 15.0. The van der Waals surface area contributed by atoms with Crippen LogP contribution in [0, 0.1) is 11.8 Å². The molecule has 6 nitrogen and oxygen atoms in total. The fourth-order valence-electron chi connectivity index (χ4n) is 4.86. The monoisotopic (exact) mass is 443 g/mol. The number of carbonyl (C=O) groups excluding carboxylic acids is 1. The van der Waals surface area contributed by atoms with Gasteiger partial charge in [0.1, 0.15) is 6.54 Å². The molecule has 1 saturated carbocycles. The number of nitrogens with zero attached hydrogens (tertiary/aromatic N) is 1. The van der Waals surface area contributed by atoms with Crippen molar-refractivity contribution in [2.75, 3.05) is 19.8 Å². The van der Waals surface area contributed by atoms with Crippen LogP contribution < -0.4 is 0 Å². The molecule has 1 aliphatic heterocycles. The van der Waals surface area contributed by atoms with Gasteiger partial charge in [-0.05, 0) is 55.7 Å². The summed E-state index contributed by atoms with van der Waals surface area (Å²) < 4.78 is 39.5. The molecule has 31 heavy (non-hydrogen) atoms. The molecule has 1 heterocycles. The maximum atomic E-state index is 13.4. The van der Waals surface area contributed by atoms with Crippen LogP contribution in [0.5, 0.6) is 0 Å². The Hall–Kier alpha value is -2.22. The van der Waals surface area contributed by atoms with Crippen molar-refractivity contribution in [3.63, 3.8) is 0 Å². The van der Waals surface area contributed by atoms with Crippen molar-refractivity contribution >= 4 is 16.0 Å². The summed E-state index contributed by atoms with van der Waals surface area (Å²) in [6.07, 6.45) is 2.31. The number of hydrogen-bond donors (Lipinski definition) is 0. The highest BCUT2D eigenvalue weighted by atomic mass is 32.2. The largest absolute Gasteiger partial charge is 0.465 e. The van der Waals surface area contributed by atoms with Crippen LogP contribution in [0.25, 0.3) is 0 Å². The number of carbonyl (C=O) groups is 1. The van der Waals surface area contributed by atoms with Gasteiger partial charge in [0.25, 0.3) is 0 Å². The second kappa shape index (κ2) is 9.51. The topological polar surface area (TPSA) is 72.9 Å². The van der Waals surface area contributed by atoms with Crippen molar-refractivity contribution in [3.05, 3.63) is 66.2 Å². The molecule has 0 unspecified atom stereocenters. The molecule has 2 aromatic carbocycles. The minimum absolute atomic E-state index is 0.0328. The lowest BCUT2D eigenvalue weighted by Crippen LogP contribution is -2.43. The average Bonchev–Trinajstić information content (AvgIpc) is 3.21. The quantitative estimate of drug-likeness (QED) is 0.609. The Labute approximate surface area is 184 Å². The molecule has 2 aromatic rings. The number of hydrogen-bond acceptors (Lipinski definition) is 5. The molecule has 0 amide bonds. The second-order valence-electron chi connectivity index (χ2n) is 8.28. The van der Waals surface area contributed by atoms with Crippen molar-refractivity contribution in [2.45, 2.75) is 43.2 Å². The first-order valence-electron chi connectivity index (χ1n) is 10.9. The summed E-state index contributed by atoms with van der Waals surface area (Å²) in [5.74, 6) is 0.135. The van der Waals surface area contributed by atoms with E-state index in [2.05, 4.69) is 12.1 Å². The molecule has 4 rings (SSSR count). The molecular formula is C24H29NO5S. The zero-order valence-corrected chi connectivity index (χ0v) is 18.5. The van der Waals surface area contributed by atoms with E-state index < -0.39 is 16.0 Å².